The number of benzene rings is 3. The van der Waals surface area contributed by atoms with Gasteiger partial charge < -0.3 is 10.1 Å². The number of aryl methyl sites for hydroxylation is 1. The average molecular weight is 446 g/mol. The quantitative estimate of drug-likeness (QED) is 0.593. The van der Waals surface area contributed by atoms with Crippen LogP contribution in [0, 0.1) is 18.6 Å². The van der Waals surface area contributed by atoms with Crippen LogP contribution in [0.5, 0.6) is 5.75 Å². The molecule has 6 nitrogen and oxygen atoms in total. The minimum atomic E-state index is -4.17. The third kappa shape index (κ3) is 5.00. The van der Waals surface area contributed by atoms with Crippen LogP contribution in [0.2, 0.25) is 0 Å². The topological polar surface area (TPSA) is 75.7 Å². The van der Waals surface area contributed by atoms with Crippen molar-refractivity contribution in [1.82, 2.24) is 0 Å². The van der Waals surface area contributed by atoms with E-state index in [0.717, 1.165) is 22.0 Å². The van der Waals surface area contributed by atoms with E-state index in [2.05, 4.69) is 5.32 Å². The van der Waals surface area contributed by atoms with Crippen LogP contribution in [0.3, 0.4) is 0 Å². The summed E-state index contributed by atoms with van der Waals surface area (Å²) in [6, 6.07) is 15.1. The lowest BCUT2D eigenvalue weighted by Crippen LogP contribution is -2.38. The molecular formula is C22H20F2N2O4S. The zero-order valence-corrected chi connectivity index (χ0v) is 17.6. The largest absolute Gasteiger partial charge is 0.495 e. The number of carbonyl (C=O) groups is 1. The third-order valence-electron chi connectivity index (χ3n) is 4.46. The molecule has 3 aromatic carbocycles. The van der Waals surface area contributed by atoms with E-state index in [0.29, 0.717) is 6.07 Å². The van der Waals surface area contributed by atoms with Gasteiger partial charge in [-0.2, -0.15) is 0 Å². The van der Waals surface area contributed by atoms with Crippen molar-refractivity contribution >= 4 is 27.3 Å². The molecule has 9 heteroatoms. The van der Waals surface area contributed by atoms with Gasteiger partial charge in [-0.05, 0) is 43.3 Å². The molecule has 3 rings (SSSR count). The van der Waals surface area contributed by atoms with E-state index in [1.54, 1.807) is 30.3 Å². The van der Waals surface area contributed by atoms with Crippen LogP contribution in [0.1, 0.15) is 5.56 Å². The highest BCUT2D eigenvalue weighted by Crippen LogP contribution is 2.32. The van der Waals surface area contributed by atoms with Crippen molar-refractivity contribution < 1.29 is 26.7 Å². The Labute approximate surface area is 179 Å². The van der Waals surface area contributed by atoms with Gasteiger partial charge in [0.2, 0.25) is 5.91 Å². The highest BCUT2D eigenvalue weighted by Gasteiger charge is 2.29. The molecule has 162 valence electrons. The Balaban J connectivity index is 1.99. The molecule has 0 saturated carbocycles. The summed E-state index contributed by atoms with van der Waals surface area (Å²) in [7, 11) is -2.79. The van der Waals surface area contributed by atoms with Crippen LogP contribution in [0.15, 0.2) is 71.6 Å². The lowest BCUT2D eigenvalue weighted by molar-refractivity contribution is -0.114. The fourth-order valence-electron chi connectivity index (χ4n) is 2.88. The molecule has 0 aliphatic carbocycles. The Morgan fingerprint density at radius 1 is 1.03 bits per heavy atom. The molecule has 0 unspecified atom stereocenters. The summed E-state index contributed by atoms with van der Waals surface area (Å²) >= 11 is 0. The highest BCUT2D eigenvalue weighted by atomic mass is 32.2. The number of carbonyl (C=O) groups excluding carboxylic acids is 1. The SMILES string of the molecule is COc1ccccc1N(CC(=O)Nc1ccc(F)cc1F)S(=O)(=O)c1ccc(C)cc1. The number of nitrogens with one attached hydrogen (secondary N) is 1. The van der Waals surface area contributed by atoms with Gasteiger partial charge in [0.15, 0.2) is 0 Å². The highest BCUT2D eigenvalue weighted by molar-refractivity contribution is 7.92. The van der Waals surface area contributed by atoms with Crippen LogP contribution < -0.4 is 14.4 Å². The number of methoxy groups -OCH3 is 1. The van der Waals surface area contributed by atoms with Gasteiger partial charge in [0, 0.05) is 6.07 Å². The second-order valence-electron chi connectivity index (χ2n) is 6.67. The fraction of sp³-hybridized carbons (Fsp3) is 0.136. The molecule has 0 fully saturated rings. The number of amides is 1. The number of nitrogens with zero attached hydrogens (tertiary/aromatic N) is 1. The molecule has 0 saturated heterocycles. The van der Waals surface area contributed by atoms with Crippen LogP contribution in [-0.4, -0.2) is 28.0 Å². The number of sulfonamides is 1. The van der Waals surface area contributed by atoms with Gasteiger partial charge in [0.1, 0.15) is 23.9 Å². The van der Waals surface area contributed by atoms with Crippen LogP contribution in [-0.2, 0) is 14.8 Å². The number of para-hydroxylation sites is 2. The molecule has 3 aromatic rings. The van der Waals surface area contributed by atoms with Gasteiger partial charge in [-0.25, -0.2) is 17.2 Å². The molecule has 1 N–H and O–H groups in total. The summed E-state index contributed by atoms with van der Waals surface area (Å²) in [6.45, 7) is 1.16. The van der Waals surface area contributed by atoms with E-state index >= 15 is 0 Å². The predicted molar refractivity (Wildman–Crippen MR) is 114 cm³/mol. The number of anilines is 2. The lowest BCUT2D eigenvalue weighted by Gasteiger charge is -2.25. The smallest absolute Gasteiger partial charge is 0.264 e. The van der Waals surface area contributed by atoms with E-state index in [1.807, 2.05) is 6.92 Å². The van der Waals surface area contributed by atoms with E-state index in [4.69, 9.17) is 4.74 Å². The minimum absolute atomic E-state index is 0.0234. The molecule has 0 spiro atoms. The first kappa shape index (κ1) is 22.2. The lowest BCUT2D eigenvalue weighted by atomic mass is 10.2. The zero-order valence-electron chi connectivity index (χ0n) is 16.8. The molecule has 0 aromatic heterocycles. The molecule has 0 aliphatic rings. The summed E-state index contributed by atoms with van der Waals surface area (Å²) < 4.78 is 59.9. The van der Waals surface area contributed by atoms with Gasteiger partial charge in [-0.15, -0.1) is 0 Å². The maximum absolute atomic E-state index is 13.9. The van der Waals surface area contributed by atoms with Crippen molar-refractivity contribution in [2.75, 3.05) is 23.3 Å². The summed E-state index contributed by atoms with van der Waals surface area (Å²) in [4.78, 5) is 12.6. The van der Waals surface area contributed by atoms with Gasteiger partial charge in [-0.1, -0.05) is 29.8 Å². The van der Waals surface area contributed by atoms with Crippen molar-refractivity contribution in [3.63, 3.8) is 0 Å². The average Bonchev–Trinajstić information content (AvgIpc) is 2.74. The Morgan fingerprint density at radius 2 is 1.71 bits per heavy atom. The number of ether oxygens (including phenoxy) is 1. The number of hydrogen-bond acceptors (Lipinski definition) is 4. The molecule has 0 radical (unpaired) electrons. The monoisotopic (exact) mass is 446 g/mol. The summed E-state index contributed by atoms with van der Waals surface area (Å²) in [5, 5.41) is 2.28. The Kier molecular flexibility index (Phi) is 6.55. The van der Waals surface area contributed by atoms with Gasteiger partial charge in [-0.3, -0.25) is 9.10 Å². The van der Waals surface area contributed by atoms with Gasteiger partial charge in [0.05, 0.1) is 23.4 Å². The number of hydrogen-bond donors (Lipinski definition) is 1. The second kappa shape index (κ2) is 9.13. The summed E-state index contributed by atoms with van der Waals surface area (Å²) in [5.74, 6) is -2.35. The van der Waals surface area contributed by atoms with Gasteiger partial charge in [0.25, 0.3) is 10.0 Å². The van der Waals surface area contributed by atoms with E-state index in [-0.39, 0.29) is 22.0 Å². The Morgan fingerprint density at radius 3 is 2.35 bits per heavy atom. The molecule has 0 bridgehead atoms. The predicted octanol–water partition coefficient (Wildman–Crippen LogP) is 4.12. The normalized spacial score (nSPS) is 11.1. The van der Waals surface area contributed by atoms with Crippen molar-refractivity contribution in [3.05, 3.63) is 83.9 Å². The van der Waals surface area contributed by atoms with Crippen molar-refractivity contribution in [2.24, 2.45) is 0 Å². The maximum atomic E-state index is 13.9. The second-order valence-corrected chi connectivity index (χ2v) is 8.53. The van der Waals surface area contributed by atoms with Crippen LogP contribution in [0.4, 0.5) is 20.2 Å². The van der Waals surface area contributed by atoms with Crippen molar-refractivity contribution in [3.8, 4) is 5.75 Å². The molecule has 1 amide bonds. The number of halogens is 2. The first-order chi connectivity index (χ1) is 14.7. The van der Waals surface area contributed by atoms with Gasteiger partial charge >= 0.3 is 0 Å². The molecule has 0 atom stereocenters. The van der Waals surface area contributed by atoms with E-state index in [1.165, 1.54) is 25.3 Å². The fourth-order valence-corrected chi connectivity index (χ4v) is 4.32. The summed E-state index contributed by atoms with van der Waals surface area (Å²) in [5.41, 5.74) is 0.742. The zero-order chi connectivity index (χ0) is 22.6. The van der Waals surface area contributed by atoms with Crippen LogP contribution >= 0.6 is 0 Å². The number of rotatable bonds is 7. The van der Waals surface area contributed by atoms with Crippen LogP contribution in [0.25, 0.3) is 0 Å². The van der Waals surface area contributed by atoms with E-state index in [9.17, 15) is 22.0 Å². The Bertz CT molecular complexity index is 1200. The Hall–Kier alpha value is -3.46. The minimum Gasteiger partial charge on any atom is -0.495 e. The van der Waals surface area contributed by atoms with Crippen molar-refractivity contribution in [2.45, 2.75) is 11.8 Å². The first-order valence-corrected chi connectivity index (χ1v) is 10.6. The molecule has 0 heterocycles. The van der Waals surface area contributed by atoms with E-state index < -0.39 is 34.1 Å². The van der Waals surface area contributed by atoms with Crippen molar-refractivity contribution in [1.29, 1.82) is 0 Å². The summed E-state index contributed by atoms with van der Waals surface area (Å²) in [6.07, 6.45) is 0. The standard InChI is InChI=1S/C22H20F2N2O4S/c1-15-7-10-17(11-8-15)31(28,29)26(20-5-3-4-6-21(20)30-2)14-22(27)25-19-12-9-16(23)13-18(19)24/h3-13H,14H2,1-2H3,(H,25,27). The maximum Gasteiger partial charge on any atom is 0.264 e. The first-order valence-electron chi connectivity index (χ1n) is 9.19. The third-order valence-corrected chi connectivity index (χ3v) is 6.23. The molecule has 31 heavy (non-hydrogen) atoms. The molecular weight excluding hydrogens is 426 g/mol. The molecule has 0 aliphatic heterocycles.